The summed E-state index contributed by atoms with van der Waals surface area (Å²) in [5, 5.41) is 15.4. The van der Waals surface area contributed by atoms with E-state index in [1.54, 1.807) is 26.0 Å². The molecule has 9 heteroatoms. The van der Waals surface area contributed by atoms with E-state index >= 15 is 0 Å². The molecule has 2 aliphatic rings. The number of nitrogens with zero attached hydrogens (tertiary/aromatic N) is 4. The maximum absolute atomic E-state index is 13.5. The molecule has 9 nitrogen and oxygen atoms in total. The van der Waals surface area contributed by atoms with Gasteiger partial charge in [0, 0.05) is 23.3 Å². The highest BCUT2D eigenvalue weighted by atomic mass is 16.5. The fourth-order valence-electron chi connectivity index (χ4n) is 4.60. The molecule has 0 amide bonds. The first kappa shape index (κ1) is 20.0. The van der Waals surface area contributed by atoms with Crippen LogP contribution in [0.2, 0.25) is 0 Å². The van der Waals surface area contributed by atoms with Crippen LogP contribution in [0.1, 0.15) is 35.9 Å². The molecule has 1 N–H and O–H groups in total. The van der Waals surface area contributed by atoms with Crippen LogP contribution in [0.5, 0.6) is 17.2 Å². The number of nitrogens with one attached hydrogen (secondary N) is 1. The topological polar surface area (TPSA) is 100 Å². The third kappa shape index (κ3) is 3.17. The molecule has 1 aliphatic heterocycles. The van der Waals surface area contributed by atoms with Crippen LogP contribution in [0.15, 0.2) is 53.7 Å². The molecule has 0 saturated heterocycles. The van der Waals surface area contributed by atoms with Crippen LogP contribution in [0.3, 0.4) is 0 Å². The number of ether oxygens (including phenoxy) is 3. The number of fused-ring (bicyclic) bond motifs is 1. The molecular weight excluding hydrogens is 410 g/mol. The van der Waals surface area contributed by atoms with Crippen molar-refractivity contribution in [3.8, 4) is 17.2 Å². The van der Waals surface area contributed by atoms with Crippen molar-refractivity contribution in [3.63, 3.8) is 0 Å². The van der Waals surface area contributed by atoms with E-state index in [-0.39, 0.29) is 11.7 Å². The smallest absolute Gasteiger partial charge is 0.248 e. The summed E-state index contributed by atoms with van der Waals surface area (Å²) in [5.74, 6) is 2.52. The second-order valence-corrected chi connectivity index (χ2v) is 7.75. The Morgan fingerprint density at radius 1 is 1.00 bits per heavy atom. The highest BCUT2D eigenvalue weighted by Gasteiger charge is 2.41. The van der Waals surface area contributed by atoms with Gasteiger partial charge in [0.25, 0.3) is 0 Å². The van der Waals surface area contributed by atoms with Crippen LogP contribution in [0.4, 0.5) is 5.95 Å². The van der Waals surface area contributed by atoms with E-state index in [1.807, 2.05) is 42.5 Å². The summed E-state index contributed by atoms with van der Waals surface area (Å²) >= 11 is 0. The largest absolute Gasteiger partial charge is 0.497 e. The minimum absolute atomic E-state index is 0.0509. The number of benzene rings is 2. The standard InChI is InChI=1S/C23H23N5O4/c1-30-15-9-7-13(8-10-15)14-11-17-20(18(29)12-14)21(28-23(24-17)25-26-27-28)16-5-4-6-19(31-2)22(16)32-3/h4-10,14,21H,11-12H2,1-3H3,(H,24,25,27)/t14-,21-/m0/s1. The van der Waals surface area contributed by atoms with Crippen LogP contribution in [0, 0.1) is 0 Å². The Hall–Kier alpha value is -3.88. The van der Waals surface area contributed by atoms with Crippen LogP contribution in [-0.4, -0.2) is 47.3 Å². The average Bonchev–Trinajstić information content (AvgIpc) is 3.30. The van der Waals surface area contributed by atoms with Gasteiger partial charge in [0.15, 0.2) is 17.3 Å². The maximum Gasteiger partial charge on any atom is 0.248 e. The van der Waals surface area contributed by atoms with Gasteiger partial charge < -0.3 is 19.5 Å². The number of Topliss-reactive ketones (excluding diaryl/α,β-unsaturated/α-hetero) is 1. The van der Waals surface area contributed by atoms with Crippen molar-refractivity contribution >= 4 is 11.7 Å². The third-order valence-electron chi connectivity index (χ3n) is 6.10. The van der Waals surface area contributed by atoms with Gasteiger partial charge in [-0.25, -0.2) is 0 Å². The molecular formula is C23H23N5O4. The highest BCUT2D eigenvalue weighted by molar-refractivity contribution is 6.00. The van der Waals surface area contributed by atoms with Crippen LogP contribution < -0.4 is 19.5 Å². The van der Waals surface area contributed by atoms with E-state index in [0.717, 1.165) is 22.6 Å². The van der Waals surface area contributed by atoms with Gasteiger partial charge in [-0.05, 0) is 46.5 Å². The monoisotopic (exact) mass is 433 g/mol. The van der Waals surface area contributed by atoms with Gasteiger partial charge in [-0.15, -0.1) is 0 Å². The first-order valence-corrected chi connectivity index (χ1v) is 10.3. The number of carbonyl (C=O) groups is 1. The van der Waals surface area contributed by atoms with E-state index < -0.39 is 6.04 Å². The molecule has 5 rings (SSSR count). The van der Waals surface area contributed by atoms with Gasteiger partial charge in [-0.2, -0.15) is 4.68 Å². The third-order valence-corrected chi connectivity index (χ3v) is 6.10. The minimum atomic E-state index is -0.509. The van der Waals surface area contributed by atoms with Crippen LogP contribution in [-0.2, 0) is 4.79 Å². The molecule has 2 atom stereocenters. The van der Waals surface area contributed by atoms with Crippen molar-refractivity contribution in [2.75, 3.05) is 26.6 Å². The lowest BCUT2D eigenvalue weighted by Crippen LogP contribution is -2.33. The van der Waals surface area contributed by atoms with E-state index in [4.69, 9.17) is 14.2 Å². The Labute approximate surface area is 185 Å². The predicted octanol–water partition coefficient (Wildman–Crippen LogP) is 3.11. The lowest BCUT2D eigenvalue weighted by Gasteiger charge is -2.35. The zero-order chi connectivity index (χ0) is 22.2. The lowest BCUT2D eigenvalue weighted by atomic mass is 9.77. The van der Waals surface area contributed by atoms with Crippen molar-refractivity contribution in [1.29, 1.82) is 0 Å². The average molecular weight is 433 g/mol. The van der Waals surface area contributed by atoms with E-state index in [1.165, 1.54) is 0 Å². The number of aromatic nitrogens is 4. The number of allylic oxidation sites excluding steroid dienone is 2. The molecule has 0 unspecified atom stereocenters. The molecule has 2 aromatic carbocycles. The summed E-state index contributed by atoms with van der Waals surface area (Å²) in [4.78, 5) is 13.5. The van der Waals surface area contributed by atoms with E-state index in [9.17, 15) is 4.79 Å². The second kappa shape index (κ2) is 7.99. The first-order chi connectivity index (χ1) is 15.6. The maximum atomic E-state index is 13.5. The van der Waals surface area contributed by atoms with Crippen molar-refractivity contribution < 1.29 is 19.0 Å². The molecule has 3 aromatic rings. The molecule has 32 heavy (non-hydrogen) atoms. The van der Waals surface area contributed by atoms with E-state index in [0.29, 0.717) is 35.9 Å². The van der Waals surface area contributed by atoms with Gasteiger partial charge >= 0.3 is 0 Å². The number of hydrogen-bond acceptors (Lipinski definition) is 8. The van der Waals surface area contributed by atoms with Gasteiger partial charge in [-0.3, -0.25) is 4.79 Å². The number of methoxy groups -OCH3 is 3. The number of ketones is 1. The molecule has 0 fully saturated rings. The second-order valence-electron chi connectivity index (χ2n) is 7.75. The molecule has 0 radical (unpaired) electrons. The Morgan fingerprint density at radius 3 is 2.53 bits per heavy atom. The molecule has 1 aliphatic carbocycles. The van der Waals surface area contributed by atoms with Gasteiger partial charge in [-0.1, -0.05) is 29.4 Å². The molecule has 2 heterocycles. The summed E-state index contributed by atoms with van der Waals surface area (Å²) in [6.07, 6.45) is 1.07. The van der Waals surface area contributed by atoms with Gasteiger partial charge in [0.05, 0.1) is 21.3 Å². The number of carbonyl (C=O) groups excluding carboxylic acids is 1. The predicted molar refractivity (Wildman–Crippen MR) is 116 cm³/mol. The minimum Gasteiger partial charge on any atom is -0.497 e. The lowest BCUT2D eigenvalue weighted by molar-refractivity contribution is -0.116. The fraction of sp³-hybridized carbons (Fsp3) is 0.304. The normalized spacial score (nSPS) is 19.7. The summed E-state index contributed by atoms with van der Waals surface area (Å²) in [6.45, 7) is 0. The zero-order valence-corrected chi connectivity index (χ0v) is 18.0. The number of hydrogen-bond donors (Lipinski definition) is 1. The summed E-state index contributed by atoms with van der Waals surface area (Å²) in [5.41, 5.74) is 3.35. The fourth-order valence-corrected chi connectivity index (χ4v) is 4.60. The van der Waals surface area contributed by atoms with Crippen molar-refractivity contribution in [2.45, 2.75) is 24.8 Å². The van der Waals surface area contributed by atoms with Gasteiger partial charge in [0.1, 0.15) is 11.8 Å². The van der Waals surface area contributed by atoms with E-state index in [2.05, 4.69) is 20.8 Å². The van der Waals surface area contributed by atoms with Crippen molar-refractivity contribution in [3.05, 3.63) is 64.9 Å². The molecule has 0 bridgehead atoms. The SMILES string of the molecule is COc1ccc([C@@H]2CC(=O)C3=C(C2)Nc2nnnn2[C@H]3c2cccc(OC)c2OC)cc1. The Kier molecular flexibility index (Phi) is 5.01. The Balaban J connectivity index is 1.60. The zero-order valence-electron chi connectivity index (χ0n) is 18.0. The Bertz CT molecular complexity index is 1200. The Morgan fingerprint density at radius 2 is 1.81 bits per heavy atom. The van der Waals surface area contributed by atoms with Gasteiger partial charge in [0.2, 0.25) is 5.95 Å². The summed E-state index contributed by atoms with van der Waals surface area (Å²) in [6, 6.07) is 13.0. The van der Waals surface area contributed by atoms with Crippen LogP contribution >= 0.6 is 0 Å². The number of tetrazole rings is 1. The number of anilines is 1. The number of rotatable bonds is 5. The molecule has 1 aromatic heterocycles. The molecule has 0 spiro atoms. The number of para-hydroxylation sites is 1. The molecule has 0 saturated carbocycles. The van der Waals surface area contributed by atoms with Crippen molar-refractivity contribution in [2.24, 2.45) is 0 Å². The molecule has 164 valence electrons. The quantitative estimate of drug-likeness (QED) is 0.655. The van der Waals surface area contributed by atoms with Crippen molar-refractivity contribution in [1.82, 2.24) is 20.2 Å². The first-order valence-electron chi connectivity index (χ1n) is 10.3. The summed E-state index contributed by atoms with van der Waals surface area (Å²) < 4.78 is 18.0. The van der Waals surface area contributed by atoms with Crippen LogP contribution in [0.25, 0.3) is 0 Å². The highest BCUT2D eigenvalue weighted by Crippen LogP contribution is 2.47. The summed E-state index contributed by atoms with van der Waals surface area (Å²) in [7, 11) is 4.81.